The van der Waals surface area contributed by atoms with Crippen LogP contribution in [0, 0.1) is 6.92 Å². The van der Waals surface area contributed by atoms with Crippen LogP contribution >= 0.6 is 11.6 Å². The van der Waals surface area contributed by atoms with E-state index in [4.69, 9.17) is 22.1 Å². The Morgan fingerprint density at radius 3 is 2.69 bits per heavy atom. The molecule has 3 N–H and O–H groups in total. The summed E-state index contributed by atoms with van der Waals surface area (Å²) in [5.41, 5.74) is 8.43. The van der Waals surface area contributed by atoms with Crippen LogP contribution in [-0.4, -0.2) is 17.3 Å². The average molecular weight is 238 g/mol. The van der Waals surface area contributed by atoms with E-state index in [-0.39, 0.29) is 0 Å². The molecule has 5 heteroatoms. The number of aromatic amines is 1. The van der Waals surface area contributed by atoms with Gasteiger partial charge in [0.15, 0.2) is 0 Å². The van der Waals surface area contributed by atoms with Crippen molar-refractivity contribution in [1.29, 1.82) is 0 Å². The van der Waals surface area contributed by atoms with Gasteiger partial charge >= 0.3 is 0 Å². The molecule has 0 saturated carbocycles. The van der Waals surface area contributed by atoms with Crippen LogP contribution in [0.25, 0.3) is 11.1 Å². The molecule has 0 amide bonds. The molecule has 0 radical (unpaired) electrons. The summed E-state index contributed by atoms with van der Waals surface area (Å²) in [5.74, 6) is 1.13. The lowest BCUT2D eigenvalue weighted by molar-refractivity contribution is 0.415. The quantitative estimate of drug-likeness (QED) is 0.844. The highest BCUT2D eigenvalue weighted by molar-refractivity contribution is 6.35. The van der Waals surface area contributed by atoms with Crippen LogP contribution < -0.4 is 10.5 Å². The van der Waals surface area contributed by atoms with E-state index < -0.39 is 0 Å². The molecule has 0 atom stereocenters. The number of aryl methyl sites for hydroxylation is 1. The molecule has 0 fully saturated rings. The molecule has 4 nitrogen and oxygen atoms in total. The SMILES string of the molecule is COc1cc(C)cc(-c2cn[nH]c2N)c1Cl. The van der Waals surface area contributed by atoms with Crippen molar-refractivity contribution in [3.63, 3.8) is 0 Å². The number of halogens is 1. The highest BCUT2D eigenvalue weighted by atomic mass is 35.5. The van der Waals surface area contributed by atoms with Gasteiger partial charge in [-0.15, -0.1) is 0 Å². The highest BCUT2D eigenvalue weighted by Gasteiger charge is 2.13. The van der Waals surface area contributed by atoms with Gasteiger partial charge in [-0.2, -0.15) is 5.10 Å². The third-order valence-corrected chi connectivity index (χ3v) is 2.75. The molecular formula is C11H12ClN3O. The van der Waals surface area contributed by atoms with Crippen molar-refractivity contribution in [2.45, 2.75) is 6.92 Å². The highest BCUT2D eigenvalue weighted by Crippen LogP contribution is 2.37. The molecule has 2 rings (SSSR count). The first-order valence-electron chi connectivity index (χ1n) is 4.77. The molecule has 0 saturated heterocycles. The number of aromatic nitrogens is 2. The molecule has 0 bridgehead atoms. The van der Waals surface area contributed by atoms with Crippen LogP contribution in [0.15, 0.2) is 18.3 Å². The van der Waals surface area contributed by atoms with Crippen LogP contribution in [0.2, 0.25) is 5.02 Å². The van der Waals surface area contributed by atoms with Crippen molar-refractivity contribution < 1.29 is 4.74 Å². The van der Waals surface area contributed by atoms with E-state index in [2.05, 4.69) is 10.2 Å². The van der Waals surface area contributed by atoms with Gasteiger partial charge in [-0.1, -0.05) is 11.6 Å². The summed E-state index contributed by atoms with van der Waals surface area (Å²) in [7, 11) is 1.59. The minimum atomic E-state index is 0.495. The number of ether oxygens (including phenoxy) is 1. The Morgan fingerprint density at radius 2 is 2.12 bits per heavy atom. The minimum Gasteiger partial charge on any atom is -0.495 e. The standard InChI is InChI=1S/C11H12ClN3O/c1-6-3-7(8-5-14-15-11(8)13)10(12)9(4-6)16-2/h3-5H,1-2H3,(H3,13,14,15). The first-order valence-corrected chi connectivity index (χ1v) is 5.14. The molecule has 0 aliphatic rings. The average Bonchev–Trinajstić information content (AvgIpc) is 2.67. The Bertz CT molecular complexity index is 522. The van der Waals surface area contributed by atoms with Gasteiger partial charge in [-0.3, -0.25) is 5.10 Å². The fourth-order valence-electron chi connectivity index (χ4n) is 1.59. The van der Waals surface area contributed by atoms with Crippen molar-refractivity contribution in [2.75, 3.05) is 12.8 Å². The predicted molar refractivity (Wildman–Crippen MR) is 64.7 cm³/mol. The summed E-state index contributed by atoms with van der Waals surface area (Å²) in [6, 6.07) is 3.83. The zero-order chi connectivity index (χ0) is 11.7. The van der Waals surface area contributed by atoms with Crippen LogP contribution in [0.1, 0.15) is 5.56 Å². The summed E-state index contributed by atoms with van der Waals surface area (Å²) in [4.78, 5) is 0. The van der Waals surface area contributed by atoms with E-state index in [1.807, 2.05) is 19.1 Å². The van der Waals surface area contributed by atoms with Crippen molar-refractivity contribution in [1.82, 2.24) is 10.2 Å². The van der Waals surface area contributed by atoms with Crippen molar-refractivity contribution >= 4 is 17.4 Å². The van der Waals surface area contributed by atoms with E-state index in [1.165, 1.54) is 0 Å². The number of nitrogens with two attached hydrogens (primary N) is 1. The summed E-state index contributed by atoms with van der Waals surface area (Å²) < 4.78 is 5.20. The van der Waals surface area contributed by atoms with Gasteiger partial charge in [-0.25, -0.2) is 0 Å². The van der Waals surface area contributed by atoms with Crippen LogP contribution in [-0.2, 0) is 0 Å². The number of benzene rings is 1. The lowest BCUT2D eigenvalue weighted by atomic mass is 10.1. The monoisotopic (exact) mass is 237 g/mol. The Morgan fingerprint density at radius 1 is 1.38 bits per heavy atom. The summed E-state index contributed by atoms with van der Waals surface area (Å²) >= 11 is 6.22. The molecule has 0 aliphatic heterocycles. The molecule has 2 aromatic rings. The zero-order valence-corrected chi connectivity index (χ0v) is 9.80. The van der Waals surface area contributed by atoms with Crippen LogP contribution in [0.4, 0.5) is 5.82 Å². The Balaban J connectivity index is 2.65. The fourth-order valence-corrected chi connectivity index (χ4v) is 1.88. The molecule has 0 unspecified atom stereocenters. The predicted octanol–water partition coefficient (Wildman–Crippen LogP) is 2.63. The van der Waals surface area contributed by atoms with Crippen LogP contribution in [0.3, 0.4) is 0 Å². The minimum absolute atomic E-state index is 0.495. The summed E-state index contributed by atoms with van der Waals surface area (Å²) in [5, 5.41) is 7.10. The second kappa shape index (κ2) is 4.06. The summed E-state index contributed by atoms with van der Waals surface area (Å²) in [6.07, 6.45) is 1.65. The lowest BCUT2D eigenvalue weighted by Crippen LogP contribution is -1.91. The molecule has 1 heterocycles. The molecule has 1 aromatic heterocycles. The number of hydrogen-bond acceptors (Lipinski definition) is 3. The first-order chi connectivity index (χ1) is 7.63. The Hall–Kier alpha value is -1.68. The summed E-state index contributed by atoms with van der Waals surface area (Å²) in [6.45, 7) is 1.97. The third kappa shape index (κ3) is 1.72. The van der Waals surface area contributed by atoms with Gasteiger partial charge in [0.05, 0.1) is 18.3 Å². The molecule has 16 heavy (non-hydrogen) atoms. The normalized spacial score (nSPS) is 10.4. The van der Waals surface area contributed by atoms with E-state index in [0.29, 0.717) is 16.6 Å². The second-order valence-corrected chi connectivity index (χ2v) is 3.90. The number of nitrogen functional groups attached to an aromatic ring is 1. The molecule has 0 spiro atoms. The van der Waals surface area contributed by atoms with Gasteiger partial charge in [0, 0.05) is 11.1 Å². The van der Waals surface area contributed by atoms with E-state index >= 15 is 0 Å². The maximum absolute atomic E-state index is 6.22. The fraction of sp³-hybridized carbons (Fsp3) is 0.182. The van der Waals surface area contributed by atoms with Crippen molar-refractivity contribution in [3.05, 3.63) is 28.9 Å². The third-order valence-electron chi connectivity index (χ3n) is 2.36. The number of anilines is 1. The van der Waals surface area contributed by atoms with E-state index in [9.17, 15) is 0 Å². The van der Waals surface area contributed by atoms with Crippen molar-refractivity contribution in [2.24, 2.45) is 0 Å². The van der Waals surface area contributed by atoms with Gasteiger partial charge in [0.2, 0.25) is 0 Å². The molecular weight excluding hydrogens is 226 g/mol. The first kappa shape index (κ1) is 10.8. The van der Waals surface area contributed by atoms with Gasteiger partial charge in [0.1, 0.15) is 11.6 Å². The maximum atomic E-state index is 6.22. The van der Waals surface area contributed by atoms with Gasteiger partial charge < -0.3 is 10.5 Å². The largest absolute Gasteiger partial charge is 0.495 e. The maximum Gasteiger partial charge on any atom is 0.138 e. The molecule has 84 valence electrons. The number of hydrogen-bond donors (Lipinski definition) is 2. The van der Waals surface area contributed by atoms with Crippen molar-refractivity contribution in [3.8, 4) is 16.9 Å². The topological polar surface area (TPSA) is 63.9 Å². The number of nitrogens with one attached hydrogen (secondary N) is 1. The number of rotatable bonds is 2. The van der Waals surface area contributed by atoms with E-state index in [0.717, 1.165) is 16.7 Å². The zero-order valence-electron chi connectivity index (χ0n) is 9.04. The number of methoxy groups -OCH3 is 1. The van der Waals surface area contributed by atoms with Crippen LogP contribution in [0.5, 0.6) is 5.75 Å². The second-order valence-electron chi connectivity index (χ2n) is 3.53. The Kier molecular flexibility index (Phi) is 2.75. The number of nitrogens with zero attached hydrogens (tertiary/aromatic N) is 1. The van der Waals surface area contributed by atoms with E-state index in [1.54, 1.807) is 13.3 Å². The lowest BCUT2D eigenvalue weighted by Gasteiger charge is -2.09. The smallest absolute Gasteiger partial charge is 0.138 e. The number of H-pyrrole nitrogens is 1. The van der Waals surface area contributed by atoms with Gasteiger partial charge in [0.25, 0.3) is 0 Å². The molecule has 1 aromatic carbocycles. The molecule has 0 aliphatic carbocycles. The van der Waals surface area contributed by atoms with Gasteiger partial charge in [-0.05, 0) is 24.6 Å². The Labute approximate surface area is 98.4 Å².